The number of hydrogen-bond acceptors (Lipinski definition) is 15. The van der Waals surface area contributed by atoms with E-state index in [4.69, 9.17) is 42.9 Å². The third-order valence-electron chi connectivity index (χ3n) is 8.47. The molecule has 2 aliphatic heterocycles. The van der Waals surface area contributed by atoms with Crippen molar-refractivity contribution in [2.45, 2.75) is 112 Å². The zero-order valence-corrected chi connectivity index (χ0v) is 24.1. The number of carbonyl (C=O) groups excluding carboxylic acids is 1. The van der Waals surface area contributed by atoms with Crippen LogP contribution in [0.25, 0.3) is 0 Å². The van der Waals surface area contributed by atoms with Gasteiger partial charge in [0.1, 0.15) is 24.4 Å². The molecule has 3 fully saturated rings. The lowest BCUT2D eigenvalue weighted by molar-refractivity contribution is -0.312. The number of carbonyl (C=O) groups is 1. The Morgan fingerprint density at radius 1 is 1.05 bits per heavy atom. The number of amides is 2. The molecule has 2 amide bonds. The second kappa shape index (κ2) is 16.1. The van der Waals surface area contributed by atoms with Crippen LogP contribution in [0, 0.1) is 5.92 Å². The zero-order valence-electron chi connectivity index (χ0n) is 24.1. The van der Waals surface area contributed by atoms with Gasteiger partial charge in [0.05, 0.1) is 43.0 Å². The number of nitrogens with zero attached hydrogens (tertiary/aromatic N) is 1. The molecule has 14 atom stereocenters. The third kappa shape index (κ3) is 8.24. The molecule has 42 heavy (non-hydrogen) atoms. The number of rotatable bonds is 12. The quantitative estimate of drug-likeness (QED) is 0.0559. The summed E-state index contributed by atoms with van der Waals surface area (Å²) in [5.74, 6) is -0.713. The summed E-state index contributed by atoms with van der Waals surface area (Å²) in [6.45, 7) is 2.64. The molecule has 3 rings (SSSR count). The Labute approximate surface area is 245 Å². The number of urea groups is 1. The Balaban J connectivity index is 1.92. The average Bonchev–Trinajstić information content (AvgIpc) is 2.95. The van der Waals surface area contributed by atoms with Crippen molar-refractivity contribution in [1.29, 1.82) is 0 Å². The maximum atomic E-state index is 12.7. The van der Waals surface area contributed by atoms with Gasteiger partial charge in [-0.05, 0) is 45.7 Å². The van der Waals surface area contributed by atoms with Crippen LogP contribution >= 0.6 is 0 Å². The van der Waals surface area contributed by atoms with Gasteiger partial charge in [0.15, 0.2) is 6.29 Å². The molecule has 0 aromatic rings. The van der Waals surface area contributed by atoms with Crippen LogP contribution in [0.2, 0.25) is 0 Å². The number of hydrogen-bond donors (Lipinski definition) is 12. The zero-order chi connectivity index (χ0) is 31.1. The van der Waals surface area contributed by atoms with E-state index in [9.17, 15) is 30.4 Å². The van der Waals surface area contributed by atoms with E-state index in [1.54, 1.807) is 0 Å². The average molecular weight is 609 g/mol. The predicted molar refractivity (Wildman–Crippen MR) is 150 cm³/mol. The maximum absolute atomic E-state index is 12.7. The lowest BCUT2D eigenvalue weighted by atomic mass is 9.72. The molecule has 246 valence electrons. The van der Waals surface area contributed by atoms with Gasteiger partial charge in [0.2, 0.25) is 0 Å². The first-order valence-electron chi connectivity index (χ1n) is 14.7. The Morgan fingerprint density at radius 2 is 1.76 bits per heavy atom. The summed E-state index contributed by atoms with van der Waals surface area (Å²) in [7, 11) is 0. The lowest BCUT2D eigenvalue weighted by Crippen LogP contribution is -2.70. The van der Waals surface area contributed by atoms with E-state index in [-0.39, 0.29) is 38.2 Å². The number of aliphatic hydroxyl groups excluding tert-OH is 4. The first kappa shape index (κ1) is 35.2. The number of aliphatic hydroxyl groups is 4. The fourth-order valence-electron chi connectivity index (χ4n) is 6.15. The molecule has 17 heteroatoms. The number of nitrogens with two attached hydrogens (primary N) is 5. The summed E-state index contributed by atoms with van der Waals surface area (Å²) in [5, 5.41) is 59.8. The molecule has 1 saturated carbocycles. The summed E-state index contributed by atoms with van der Waals surface area (Å²) in [5.41, 5.74) is 29.7. The molecule has 2 saturated heterocycles. The largest absolute Gasteiger partial charge is 0.391 e. The van der Waals surface area contributed by atoms with Crippen LogP contribution in [0.1, 0.15) is 32.6 Å². The predicted octanol–water partition coefficient (Wildman–Crippen LogP) is -5.22. The summed E-state index contributed by atoms with van der Waals surface area (Å²) >= 11 is 0. The molecule has 3 aliphatic rings. The minimum Gasteiger partial charge on any atom is -0.391 e. The van der Waals surface area contributed by atoms with Gasteiger partial charge >= 0.3 is 6.03 Å². The van der Waals surface area contributed by atoms with Crippen molar-refractivity contribution in [3.63, 3.8) is 0 Å². The summed E-state index contributed by atoms with van der Waals surface area (Å²) < 4.78 is 18.2. The molecule has 0 bridgehead atoms. The normalized spacial score (nSPS) is 41.7. The number of hydroxylamine groups is 2. The first-order valence-corrected chi connectivity index (χ1v) is 14.7. The van der Waals surface area contributed by atoms with Crippen LogP contribution in [-0.4, -0.2) is 149 Å². The minimum atomic E-state index is -1.54. The van der Waals surface area contributed by atoms with Gasteiger partial charge in [0.25, 0.3) is 0 Å². The second-order valence-electron chi connectivity index (χ2n) is 11.5. The first-order chi connectivity index (χ1) is 19.9. The highest BCUT2D eigenvalue weighted by Crippen LogP contribution is 2.37. The van der Waals surface area contributed by atoms with Gasteiger partial charge in [-0.15, -0.1) is 0 Å². The molecule has 0 aromatic heterocycles. The van der Waals surface area contributed by atoms with E-state index >= 15 is 0 Å². The fraction of sp³-hybridized carbons (Fsp3) is 0.960. The lowest BCUT2D eigenvalue weighted by Gasteiger charge is -2.51. The highest BCUT2D eigenvalue weighted by Gasteiger charge is 2.53. The maximum Gasteiger partial charge on any atom is 0.341 e. The second-order valence-corrected chi connectivity index (χ2v) is 11.5. The Morgan fingerprint density at radius 3 is 2.38 bits per heavy atom. The molecule has 0 spiro atoms. The number of nitrogens with one attached hydrogen (secondary N) is 2. The van der Waals surface area contributed by atoms with Crippen LogP contribution in [0.3, 0.4) is 0 Å². The smallest absolute Gasteiger partial charge is 0.341 e. The van der Waals surface area contributed by atoms with Crippen LogP contribution in [-0.2, 0) is 14.2 Å². The van der Waals surface area contributed by atoms with E-state index in [2.05, 4.69) is 10.6 Å². The minimum absolute atomic E-state index is 0.00164. The van der Waals surface area contributed by atoms with E-state index in [1.165, 1.54) is 6.92 Å². The van der Waals surface area contributed by atoms with E-state index in [0.717, 1.165) is 6.42 Å². The van der Waals surface area contributed by atoms with Crippen molar-refractivity contribution < 1.29 is 44.6 Å². The number of ether oxygens (including phenoxy) is 3. The molecule has 2 heterocycles. The van der Waals surface area contributed by atoms with Crippen LogP contribution in [0.15, 0.2) is 0 Å². The van der Waals surface area contributed by atoms with E-state index in [1.807, 2.05) is 0 Å². The highest BCUT2D eigenvalue weighted by molar-refractivity contribution is 5.73. The van der Waals surface area contributed by atoms with Crippen molar-refractivity contribution >= 4 is 6.03 Å². The topological polar surface area (TPSA) is 303 Å². The van der Waals surface area contributed by atoms with Crippen molar-refractivity contribution in [3.8, 4) is 0 Å². The SMILES string of the molecule is CC(O)C1OC(OC2C(NC(=O)N(O)CCN)CC(N)C(C3OC(CN)CCC3NCCCN)C2O)C(O)C(N)C1O. The van der Waals surface area contributed by atoms with Crippen LogP contribution < -0.4 is 39.3 Å². The van der Waals surface area contributed by atoms with Crippen molar-refractivity contribution in [2.24, 2.45) is 34.6 Å². The van der Waals surface area contributed by atoms with Gasteiger partial charge in [-0.2, -0.15) is 0 Å². The van der Waals surface area contributed by atoms with Gasteiger partial charge in [-0.1, -0.05) is 0 Å². The van der Waals surface area contributed by atoms with Gasteiger partial charge in [0, 0.05) is 31.1 Å². The Hall–Kier alpha value is -1.29. The highest BCUT2D eigenvalue weighted by atomic mass is 16.7. The Bertz CT molecular complexity index is 833. The van der Waals surface area contributed by atoms with Crippen molar-refractivity contribution in [3.05, 3.63) is 0 Å². The van der Waals surface area contributed by atoms with Crippen molar-refractivity contribution in [2.75, 3.05) is 32.7 Å². The molecule has 17 nitrogen and oxygen atoms in total. The summed E-state index contributed by atoms with van der Waals surface area (Å²) in [4.78, 5) is 12.7. The Kier molecular flexibility index (Phi) is 13.5. The molecule has 14 unspecified atom stereocenters. The molecule has 17 N–H and O–H groups in total. The molecule has 0 radical (unpaired) electrons. The standard InChI is InChI=1S/C25H52N8O9/c1-11(34)21-19(36)17(30)20(37)24(41-21)42-23-15(32-25(38)33(39)8-6-27)9-13(29)16(18(23)35)22-14(31-7-2-5-26)4-3-12(10-28)40-22/h11-24,31,34-37,39H,2-10,26-30H2,1H3,(H,32,38). The van der Waals surface area contributed by atoms with Crippen molar-refractivity contribution in [1.82, 2.24) is 15.7 Å². The van der Waals surface area contributed by atoms with Gasteiger partial charge in [-0.3, -0.25) is 5.21 Å². The van der Waals surface area contributed by atoms with Crippen LogP contribution in [0.4, 0.5) is 4.79 Å². The molecule has 0 aromatic carbocycles. The van der Waals surface area contributed by atoms with Crippen LogP contribution in [0.5, 0.6) is 0 Å². The van der Waals surface area contributed by atoms with E-state index < -0.39 is 79.1 Å². The fourth-order valence-corrected chi connectivity index (χ4v) is 6.15. The molecular weight excluding hydrogens is 556 g/mol. The molecule has 1 aliphatic carbocycles. The summed E-state index contributed by atoms with van der Waals surface area (Å²) in [6, 6.07) is -3.98. The molecular formula is C25H52N8O9. The summed E-state index contributed by atoms with van der Waals surface area (Å²) in [6.07, 6.45) is -8.00. The van der Waals surface area contributed by atoms with Gasteiger partial charge < -0.3 is 73.9 Å². The third-order valence-corrected chi connectivity index (χ3v) is 8.47. The monoisotopic (exact) mass is 608 g/mol. The van der Waals surface area contributed by atoms with E-state index in [0.29, 0.717) is 31.0 Å². The van der Waals surface area contributed by atoms with Gasteiger partial charge in [-0.25, -0.2) is 9.86 Å².